The first kappa shape index (κ1) is 26.8. The molecule has 0 spiro atoms. The van der Waals surface area contributed by atoms with Gasteiger partial charge in [-0.3, -0.25) is 29.0 Å². The summed E-state index contributed by atoms with van der Waals surface area (Å²) in [6, 6.07) is -0.772. The summed E-state index contributed by atoms with van der Waals surface area (Å²) in [5, 5.41) is 47.1. The minimum Gasteiger partial charge on any atom is -0.508 e. The second-order valence-corrected chi connectivity index (χ2v) is 10.8. The number of rotatable bonds is 4. The van der Waals surface area contributed by atoms with E-state index in [0.29, 0.717) is 13.0 Å². The number of phenolic OH excluding ortho intramolecular Hbond substituents is 1. The van der Waals surface area contributed by atoms with Crippen molar-refractivity contribution in [1.29, 1.82) is 0 Å². The third-order valence-corrected chi connectivity index (χ3v) is 8.51. The van der Waals surface area contributed by atoms with Gasteiger partial charge in [-0.15, -0.1) is 0 Å². The van der Waals surface area contributed by atoms with E-state index in [1.54, 1.807) is 11.9 Å². The van der Waals surface area contributed by atoms with Crippen LogP contribution in [0.25, 0.3) is 5.76 Å². The van der Waals surface area contributed by atoms with E-state index in [1.165, 1.54) is 19.0 Å². The Morgan fingerprint density at radius 2 is 1.90 bits per heavy atom. The van der Waals surface area contributed by atoms with E-state index in [-0.39, 0.29) is 24.1 Å². The number of hydrogen-bond acceptors (Lipinski definition) is 10. The van der Waals surface area contributed by atoms with Crippen molar-refractivity contribution in [2.45, 2.75) is 36.9 Å². The van der Waals surface area contributed by atoms with Crippen LogP contribution in [0.15, 0.2) is 23.0 Å². The van der Waals surface area contributed by atoms with Crippen LogP contribution in [0.1, 0.15) is 24.0 Å². The van der Waals surface area contributed by atoms with Gasteiger partial charge in [-0.2, -0.15) is 0 Å². The summed E-state index contributed by atoms with van der Waals surface area (Å²) in [4.78, 5) is 54.7. The molecule has 7 N–H and O–H groups in total. The fourth-order valence-electron chi connectivity index (χ4n) is 6.43. The molecule has 1 aromatic rings. The topological polar surface area (TPSA) is 194 Å². The van der Waals surface area contributed by atoms with Crippen molar-refractivity contribution in [3.8, 4) is 5.75 Å². The molecular weight excluding hydrogens is 515 g/mol. The molecule has 1 saturated heterocycles. The Morgan fingerprint density at radius 1 is 1.23 bits per heavy atom. The van der Waals surface area contributed by atoms with Gasteiger partial charge in [0.1, 0.15) is 22.9 Å². The Morgan fingerprint density at radius 3 is 2.44 bits per heavy atom. The van der Waals surface area contributed by atoms with Gasteiger partial charge < -0.3 is 31.5 Å². The maximum Gasteiger partial charge on any atom is 0.255 e. The zero-order valence-electron chi connectivity index (χ0n) is 21.5. The molecular formula is C26H29FN4O8. The summed E-state index contributed by atoms with van der Waals surface area (Å²) < 4.78 is 15.3. The van der Waals surface area contributed by atoms with Gasteiger partial charge in [-0.05, 0) is 46.3 Å². The highest BCUT2D eigenvalue weighted by molar-refractivity contribution is 6.24. The number of amides is 2. The Bertz CT molecular complexity index is 1420. The van der Waals surface area contributed by atoms with E-state index < -0.39 is 92.7 Å². The Hall–Kier alpha value is -3.81. The van der Waals surface area contributed by atoms with E-state index in [1.807, 2.05) is 0 Å². The van der Waals surface area contributed by atoms with Gasteiger partial charge in [-0.25, -0.2) is 4.39 Å². The van der Waals surface area contributed by atoms with E-state index in [2.05, 4.69) is 5.32 Å². The first-order valence-electron chi connectivity index (χ1n) is 12.4. The number of aliphatic hydroxyl groups excluding tert-OH is 2. The minimum atomic E-state index is -2.79. The van der Waals surface area contributed by atoms with E-state index in [4.69, 9.17) is 5.73 Å². The largest absolute Gasteiger partial charge is 0.508 e. The van der Waals surface area contributed by atoms with Gasteiger partial charge in [0.25, 0.3) is 5.91 Å². The van der Waals surface area contributed by atoms with Crippen molar-refractivity contribution in [1.82, 2.24) is 9.80 Å². The molecule has 1 heterocycles. The average Bonchev–Trinajstić information content (AvgIpc) is 2.83. The summed E-state index contributed by atoms with van der Waals surface area (Å²) >= 11 is 0. The molecule has 5 atom stereocenters. The predicted octanol–water partition coefficient (Wildman–Crippen LogP) is -0.254. The number of nitrogens with zero attached hydrogens (tertiary/aromatic N) is 2. The Kier molecular flexibility index (Phi) is 6.09. The van der Waals surface area contributed by atoms with Gasteiger partial charge in [0.15, 0.2) is 17.1 Å². The normalized spacial score (nSPS) is 30.5. The molecule has 2 amide bonds. The van der Waals surface area contributed by atoms with Crippen molar-refractivity contribution in [2.75, 3.05) is 33.0 Å². The first-order valence-corrected chi connectivity index (χ1v) is 12.4. The molecule has 1 aromatic carbocycles. The summed E-state index contributed by atoms with van der Waals surface area (Å²) in [6.45, 7) is 0.696. The van der Waals surface area contributed by atoms with E-state index >= 15 is 4.39 Å². The number of aromatic hydroxyl groups is 1. The lowest BCUT2D eigenvalue weighted by atomic mass is 9.57. The van der Waals surface area contributed by atoms with Crippen LogP contribution in [-0.2, 0) is 25.6 Å². The molecule has 0 bridgehead atoms. The number of phenols is 1. The molecule has 0 radical (unpaired) electrons. The molecule has 12 nitrogen and oxygen atoms in total. The number of aliphatic hydroxyl groups is 3. The third kappa shape index (κ3) is 3.60. The predicted molar refractivity (Wildman–Crippen MR) is 134 cm³/mol. The van der Waals surface area contributed by atoms with Crippen LogP contribution in [-0.4, -0.2) is 99.0 Å². The number of Topliss-reactive ketones (excluding diaryl/α,β-unsaturated/α-hetero) is 2. The highest BCUT2D eigenvalue weighted by Gasteiger charge is 2.64. The van der Waals surface area contributed by atoms with Gasteiger partial charge in [0.05, 0.1) is 23.3 Å². The maximum atomic E-state index is 15.3. The number of fused-ring (bicyclic) bond motifs is 3. The van der Waals surface area contributed by atoms with Crippen LogP contribution < -0.4 is 11.1 Å². The lowest BCUT2D eigenvalue weighted by molar-refractivity contribution is -0.153. The van der Waals surface area contributed by atoms with Crippen molar-refractivity contribution in [3.63, 3.8) is 0 Å². The smallest absolute Gasteiger partial charge is 0.255 e. The highest BCUT2D eigenvalue weighted by Crippen LogP contribution is 2.53. The first-order chi connectivity index (χ1) is 18.2. The summed E-state index contributed by atoms with van der Waals surface area (Å²) in [5.41, 5.74) is 0.338. The molecule has 13 heteroatoms. The zero-order valence-corrected chi connectivity index (χ0v) is 21.5. The summed E-state index contributed by atoms with van der Waals surface area (Å²) in [7, 11) is 4.71. The molecule has 1 saturated carbocycles. The number of primary amides is 1. The molecule has 208 valence electrons. The van der Waals surface area contributed by atoms with Crippen LogP contribution in [0.4, 0.5) is 10.1 Å². The lowest BCUT2D eigenvalue weighted by Crippen LogP contribution is -2.65. The number of carbonyl (C=O) groups excluding carboxylic acids is 4. The molecule has 39 heavy (non-hydrogen) atoms. The second kappa shape index (κ2) is 8.86. The third-order valence-electron chi connectivity index (χ3n) is 8.51. The fraction of sp³-hybridized carbons (Fsp3) is 0.462. The number of likely N-dealkylation sites (tertiary alicyclic amines) is 1. The quantitative estimate of drug-likeness (QED) is 0.217. The van der Waals surface area contributed by atoms with Crippen LogP contribution in [0.2, 0.25) is 0 Å². The fourth-order valence-corrected chi connectivity index (χ4v) is 6.43. The molecule has 0 aromatic heterocycles. The van der Waals surface area contributed by atoms with E-state index in [0.717, 1.165) is 6.07 Å². The van der Waals surface area contributed by atoms with Gasteiger partial charge in [-0.1, -0.05) is 0 Å². The van der Waals surface area contributed by atoms with Gasteiger partial charge in [0, 0.05) is 29.7 Å². The molecule has 3 aliphatic carbocycles. The van der Waals surface area contributed by atoms with Gasteiger partial charge in [0.2, 0.25) is 11.7 Å². The number of benzene rings is 1. The Balaban J connectivity index is 1.64. The summed E-state index contributed by atoms with van der Waals surface area (Å²) in [6.07, 6.45) is 0.231. The average molecular weight is 545 g/mol. The molecule has 5 rings (SSSR count). The minimum absolute atomic E-state index is 0.114. The lowest BCUT2D eigenvalue weighted by Gasteiger charge is -2.50. The summed E-state index contributed by atoms with van der Waals surface area (Å²) in [5.74, 6) is -9.61. The highest BCUT2D eigenvalue weighted by atomic mass is 19.1. The number of likely N-dealkylation sites (N-methyl/N-ethyl adjacent to an activating group) is 2. The van der Waals surface area contributed by atoms with Crippen LogP contribution in [0.3, 0.4) is 0 Å². The Labute approximate surface area is 222 Å². The van der Waals surface area contributed by atoms with Crippen LogP contribution >= 0.6 is 0 Å². The van der Waals surface area contributed by atoms with Gasteiger partial charge >= 0.3 is 0 Å². The molecule has 1 aliphatic heterocycles. The SMILES string of the molecule is CN1CCC1C(=O)Nc1cc(F)c2c(c1O)C(O)=C1C(=O)[C@]3(O)C(O)=C(C(N)=O)C(=O)[C@@H](N(C)C)[C@@H]3C[C@@H]1C2. The maximum absolute atomic E-state index is 15.3. The zero-order chi connectivity index (χ0) is 28.7. The number of nitrogens with one attached hydrogen (secondary N) is 1. The second-order valence-electron chi connectivity index (χ2n) is 10.8. The number of nitrogens with two attached hydrogens (primary N) is 1. The number of halogens is 1. The number of anilines is 1. The van der Waals surface area contributed by atoms with Crippen molar-refractivity contribution >= 4 is 34.8 Å². The van der Waals surface area contributed by atoms with Crippen molar-refractivity contribution in [3.05, 3.63) is 39.9 Å². The number of hydrogen-bond donors (Lipinski definition) is 6. The van der Waals surface area contributed by atoms with Crippen molar-refractivity contribution in [2.24, 2.45) is 17.6 Å². The molecule has 2 fully saturated rings. The standard InChI is InChI=1S/C26H29FN4O8/c1-30(2)18-11-7-9-6-10-12(27)8-13(29-25(38)14-4-5-31(14)3)19(32)16(10)20(33)15(9)22(35)26(11,39)23(36)17(21(18)34)24(28)37/h8-9,11,14,18,32-33,36,39H,4-7H2,1-3H3,(H2,28,37)(H,29,38)/t9-,11-,14?,18-,26-/m0/s1. The van der Waals surface area contributed by atoms with Crippen LogP contribution in [0, 0.1) is 17.7 Å². The van der Waals surface area contributed by atoms with Crippen LogP contribution in [0.5, 0.6) is 5.75 Å². The monoisotopic (exact) mass is 544 g/mol. The van der Waals surface area contributed by atoms with E-state index in [9.17, 15) is 39.6 Å². The number of ketones is 2. The molecule has 1 unspecified atom stereocenters. The molecule has 4 aliphatic rings. The van der Waals surface area contributed by atoms with Crippen molar-refractivity contribution < 1.29 is 44.0 Å². The number of carbonyl (C=O) groups is 4.